The maximum absolute atomic E-state index is 11.2. The largest absolute Gasteiger partial charge is 0.480 e. The zero-order valence-electron chi connectivity index (χ0n) is 14.0. The molecule has 132 valence electrons. The molecular weight excluding hydrogens is 336 g/mol. The highest BCUT2D eigenvalue weighted by Gasteiger charge is 2.43. The second-order valence-electron chi connectivity index (χ2n) is 7.14. The van der Waals surface area contributed by atoms with Gasteiger partial charge in [-0.15, -0.1) is 11.3 Å². The summed E-state index contributed by atoms with van der Waals surface area (Å²) < 4.78 is 0. The van der Waals surface area contributed by atoms with Crippen LogP contribution in [0.4, 0.5) is 0 Å². The van der Waals surface area contributed by atoms with E-state index in [1.165, 1.54) is 0 Å². The molecule has 0 aromatic carbocycles. The van der Waals surface area contributed by atoms with Crippen LogP contribution >= 0.6 is 11.3 Å². The number of carboxylic acid groups (broad SMARTS) is 1. The molecule has 2 aromatic heterocycles. The number of hydrogen-bond acceptors (Lipinski definition) is 6. The van der Waals surface area contributed by atoms with E-state index in [2.05, 4.69) is 20.2 Å². The van der Waals surface area contributed by atoms with Gasteiger partial charge in [0, 0.05) is 31.0 Å². The van der Waals surface area contributed by atoms with Crippen molar-refractivity contribution in [1.29, 1.82) is 0 Å². The maximum atomic E-state index is 11.2. The fourth-order valence-corrected chi connectivity index (χ4v) is 4.56. The second-order valence-corrected chi connectivity index (χ2v) is 8.09. The maximum Gasteiger partial charge on any atom is 0.320 e. The second kappa shape index (κ2) is 6.82. The molecule has 2 aromatic rings. The molecule has 7 heteroatoms. The zero-order chi connectivity index (χ0) is 17.3. The highest BCUT2D eigenvalue weighted by Crippen LogP contribution is 2.39. The molecule has 0 saturated carbocycles. The Labute approximate surface area is 150 Å². The lowest BCUT2D eigenvalue weighted by Crippen LogP contribution is -2.40. The minimum atomic E-state index is -0.720. The lowest BCUT2D eigenvalue weighted by molar-refractivity contribution is -0.139. The van der Waals surface area contributed by atoms with Gasteiger partial charge in [0.15, 0.2) is 5.82 Å². The van der Waals surface area contributed by atoms with Crippen molar-refractivity contribution in [2.75, 3.05) is 19.6 Å². The number of aliphatic carboxylic acids is 1. The number of hydrogen-bond donors (Lipinski definition) is 2. The molecule has 0 aliphatic carbocycles. The lowest BCUT2D eigenvalue weighted by Gasteiger charge is -2.38. The van der Waals surface area contributed by atoms with Crippen molar-refractivity contribution in [3.05, 3.63) is 35.5 Å². The molecule has 25 heavy (non-hydrogen) atoms. The van der Waals surface area contributed by atoms with Gasteiger partial charge in [0.1, 0.15) is 6.04 Å². The van der Waals surface area contributed by atoms with Crippen LogP contribution in [0.15, 0.2) is 29.9 Å². The van der Waals surface area contributed by atoms with E-state index in [4.69, 9.17) is 0 Å². The van der Waals surface area contributed by atoms with Crippen LogP contribution < -0.4 is 5.32 Å². The Morgan fingerprint density at radius 2 is 2.12 bits per heavy atom. The number of rotatable bonds is 4. The number of carboxylic acids is 1. The first kappa shape index (κ1) is 16.6. The van der Waals surface area contributed by atoms with Gasteiger partial charge in [0.2, 0.25) is 0 Å². The van der Waals surface area contributed by atoms with Gasteiger partial charge < -0.3 is 10.4 Å². The van der Waals surface area contributed by atoms with E-state index in [-0.39, 0.29) is 11.5 Å². The molecule has 2 aliphatic rings. The summed E-state index contributed by atoms with van der Waals surface area (Å²) in [5.41, 5.74) is 1.29. The van der Waals surface area contributed by atoms with E-state index in [1.807, 2.05) is 29.9 Å². The Morgan fingerprint density at radius 1 is 1.36 bits per heavy atom. The monoisotopic (exact) mass is 358 g/mol. The third kappa shape index (κ3) is 3.58. The molecule has 4 rings (SSSR count). The highest BCUT2D eigenvalue weighted by molar-refractivity contribution is 7.13. The summed E-state index contributed by atoms with van der Waals surface area (Å²) in [7, 11) is 0. The summed E-state index contributed by atoms with van der Waals surface area (Å²) in [6.07, 6.45) is 6.71. The first-order chi connectivity index (χ1) is 12.1. The van der Waals surface area contributed by atoms with Crippen molar-refractivity contribution in [2.24, 2.45) is 5.41 Å². The number of likely N-dealkylation sites (tertiary alicyclic amines) is 1. The number of nitrogens with zero attached hydrogens (tertiary/aromatic N) is 3. The summed E-state index contributed by atoms with van der Waals surface area (Å²) >= 11 is 1.65. The van der Waals surface area contributed by atoms with Crippen LogP contribution in [0, 0.1) is 5.41 Å². The van der Waals surface area contributed by atoms with Gasteiger partial charge in [0.25, 0.3) is 0 Å². The summed E-state index contributed by atoms with van der Waals surface area (Å²) in [5, 5.41) is 14.4. The Balaban J connectivity index is 1.32. The molecule has 6 nitrogen and oxygen atoms in total. The van der Waals surface area contributed by atoms with Crippen molar-refractivity contribution < 1.29 is 9.90 Å². The molecule has 2 N–H and O–H groups in total. The molecule has 2 saturated heterocycles. The van der Waals surface area contributed by atoms with Crippen molar-refractivity contribution in [2.45, 2.75) is 31.8 Å². The van der Waals surface area contributed by atoms with E-state index in [9.17, 15) is 9.90 Å². The fraction of sp³-hybridized carbons (Fsp3) is 0.500. The summed E-state index contributed by atoms with van der Waals surface area (Å²) in [6.45, 7) is 3.69. The van der Waals surface area contributed by atoms with Gasteiger partial charge in [-0.3, -0.25) is 9.69 Å². The molecule has 0 bridgehead atoms. The van der Waals surface area contributed by atoms with Crippen LogP contribution in [0.1, 0.15) is 24.8 Å². The van der Waals surface area contributed by atoms with Gasteiger partial charge in [-0.05, 0) is 49.2 Å². The summed E-state index contributed by atoms with van der Waals surface area (Å²) in [6, 6.07) is 3.67. The fourth-order valence-electron chi connectivity index (χ4n) is 3.89. The van der Waals surface area contributed by atoms with Crippen molar-refractivity contribution >= 4 is 17.3 Å². The smallest absolute Gasteiger partial charge is 0.320 e. The molecule has 1 spiro atoms. The minimum absolute atomic E-state index is 0.166. The normalized spacial score (nSPS) is 23.1. The Bertz CT molecular complexity index is 724. The lowest BCUT2D eigenvalue weighted by atomic mass is 9.76. The third-order valence-electron chi connectivity index (χ3n) is 5.43. The van der Waals surface area contributed by atoms with E-state index < -0.39 is 5.97 Å². The van der Waals surface area contributed by atoms with E-state index in [1.54, 1.807) is 11.3 Å². The molecule has 1 atom stereocenters. The molecular formula is C18H22N4O2S. The molecule has 2 fully saturated rings. The predicted octanol–water partition coefficient (Wildman–Crippen LogP) is 2.23. The average molecular weight is 358 g/mol. The number of carbonyl (C=O) groups is 1. The zero-order valence-corrected chi connectivity index (χ0v) is 14.8. The van der Waals surface area contributed by atoms with Gasteiger partial charge >= 0.3 is 5.97 Å². The third-order valence-corrected chi connectivity index (χ3v) is 6.29. The van der Waals surface area contributed by atoms with Gasteiger partial charge in [-0.1, -0.05) is 6.07 Å². The number of aromatic nitrogens is 2. The molecule has 1 unspecified atom stereocenters. The van der Waals surface area contributed by atoms with Gasteiger partial charge in [-0.25, -0.2) is 9.97 Å². The SMILES string of the molecule is O=C(O)C1CC2(CCN(Cc3cnc(-c4cccs4)nc3)CC2)CN1. The van der Waals surface area contributed by atoms with Crippen LogP contribution in [0.3, 0.4) is 0 Å². The molecule has 0 radical (unpaired) electrons. The van der Waals surface area contributed by atoms with Gasteiger partial charge in [0.05, 0.1) is 4.88 Å². The topological polar surface area (TPSA) is 78.3 Å². The molecule has 0 amide bonds. The average Bonchev–Trinajstić information content (AvgIpc) is 3.29. The van der Waals surface area contributed by atoms with E-state index in [0.717, 1.165) is 61.7 Å². The van der Waals surface area contributed by atoms with Crippen molar-refractivity contribution in [1.82, 2.24) is 20.2 Å². The number of thiophene rings is 1. The van der Waals surface area contributed by atoms with E-state index >= 15 is 0 Å². The minimum Gasteiger partial charge on any atom is -0.480 e. The number of nitrogens with one attached hydrogen (secondary N) is 1. The van der Waals surface area contributed by atoms with Crippen LogP contribution in [0.25, 0.3) is 10.7 Å². The predicted molar refractivity (Wildman–Crippen MR) is 96.3 cm³/mol. The summed E-state index contributed by atoms with van der Waals surface area (Å²) in [4.78, 5) is 23.6. The van der Waals surface area contributed by atoms with Crippen molar-refractivity contribution in [3.63, 3.8) is 0 Å². The standard InChI is InChI=1S/C18H22N4O2S/c23-17(24)14-8-18(12-21-14)3-5-22(6-4-18)11-13-9-19-16(20-10-13)15-2-1-7-25-15/h1-2,7,9-10,14,21H,3-6,8,11-12H2,(H,23,24). The Hall–Kier alpha value is -1.83. The number of piperidine rings is 1. The van der Waals surface area contributed by atoms with E-state index in [0.29, 0.717) is 0 Å². The van der Waals surface area contributed by atoms with Crippen LogP contribution in [-0.2, 0) is 11.3 Å². The quantitative estimate of drug-likeness (QED) is 0.873. The van der Waals surface area contributed by atoms with Crippen molar-refractivity contribution in [3.8, 4) is 10.7 Å². The van der Waals surface area contributed by atoms with Crippen LogP contribution in [0.2, 0.25) is 0 Å². The van der Waals surface area contributed by atoms with Crippen LogP contribution in [0.5, 0.6) is 0 Å². The Morgan fingerprint density at radius 3 is 2.72 bits per heavy atom. The van der Waals surface area contributed by atoms with Crippen LogP contribution in [-0.4, -0.2) is 51.6 Å². The summed E-state index contributed by atoms with van der Waals surface area (Å²) in [5.74, 6) is 0.0652. The first-order valence-electron chi connectivity index (χ1n) is 8.67. The highest BCUT2D eigenvalue weighted by atomic mass is 32.1. The molecule has 4 heterocycles. The Kier molecular flexibility index (Phi) is 4.54. The first-order valence-corrected chi connectivity index (χ1v) is 9.55. The molecule has 2 aliphatic heterocycles. The van der Waals surface area contributed by atoms with Gasteiger partial charge in [-0.2, -0.15) is 0 Å².